The average molecular weight is 173 g/mol. The SMILES string of the molecule is C#CC(=O)c1cccc(N(C)C)c1. The summed E-state index contributed by atoms with van der Waals surface area (Å²) in [6.07, 6.45) is 5.02. The fraction of sp³-hybridized carbons (Fsp3) is 0.182. The highest BCUT2D eigenvalue weighted by molar-refractivity contribution is 6.09. The minimum atomic E-state index is -0.274. The van der Waals surface area contributed by atoms with E-state index in [0.717, 1.165) is 5.69 Å². The van der Waals surface area contributed by atoms with Gasteiger partial charge >= 0.3 is 0 Å². The van der Waals surface area contributed by atoms with Gasteiger partial charge in [-0.2, -0.15) is 0 Å². The van der Waals surface area contributed by atoms with Gasteiger partial charge in [-0.3, -0.25) is 4.79 Å². The maximum atomic E-state index is 11.1. The largest absolute Gasteiger partial charge is 0.378 e. The predicted octanol–water partition coefficient (Wildman–Crippen LogP) is 1.57. The molecule has 2 nitrogen and oxygen atoms in total. The summed E-state index contributed by atoms with van der Waals surface area (Å²) >= 11 is 0. The second-order valence-corrected chi connectivity index (χ2v) is 2.92. The molecule has 0 radical (unpaired) electrons. The van der Waals surface area contributed by atoms with Gasteiger partial charge in [0.25, 0.3) is 0 Å². The molecule has 2 heteroatoms. The molecule has 0 fully saturated rings. The van der Waals surface area contributed by atoms with E-state index >= 15 is 0 Å². The van der Waals surface area contributed by atoms with Crippen molar-refractivity contribution in [2.24, 2.45) is 0 Å². The number of terminal acetylenes is 1. The molecule has 0 aliphatic rings. The van der Waals surface area contributed by atoms with Crippen LogP contribution < -0.4 is 4.90 Å². The van der Waals surface area contributed by atoms with Crippen molar-refractivity contribution in [1.29, 1.82) is 0 Å². The van der Waals surface area contributed by atoms with E-state index in [1.54, 1.807) is 12.1 Å². The van der Waals surface area contributed by atoms with E-state index < -0.39 is 0 Å². The third-order valence-corrected chi connectivity index (χ3v) is 1.76. The number of carbonyl (C=O) groups is 1. The van der Waals surface area contributed by atoms with Gasteiger partial charge in [-0.25, -0.2) is 0 Å². The average Bonchev–Trinajstić information content (AvgIpc) is 2.17. The topological polar surface area (TPSA) is 20.3 Å². The Morgan fingerprint density at radius 2 is 2.15 bits per heavy atom. The molecule has 0 unspecified atom stereocenters. The number of carbonyl (C=O) groups excluding carboxylic acids is 1. The molecular weight excluding hydrogens is 162 g/mol. The first-order valence-corrected chi connectivity index (χ1v) is 3.93. The minimum absolute atomic E-state index is 0.274. The molecule has 1 rings (SSSR count). The smallest absolute Gasteiger partial charge is 0.235 e. The van der Waals surface area contributed by atoms with Crippen LogP contribution in [0.25, 0.3) is 0 Å². The van der Waals surface area contributed by atoms with Gasteiger partial charge in [0, 0.05) is 25.3 Å². The quantitative estimate of drug-likeness (QED) is 0.384. The van der Waals surface area contributed by atoms with Crippen molar-refractivity contribution in [2.75, 3.05) is 19.0 Å². The highest BCUT2D eigenvalue weighted by Crippen LogP contribution is 2.13. The number of ketones is 1. The van der Waals surface area contributed by atoms with Gasteiger partial charge in [0.15, 0.2) is 0 Å². The summed E-state index contributed by atoms with van der Waals surface area (Å²) in [7, 11) is 3.83. The number of anilines is 1. The number of hydrogen-bond donors (Lipinski definition) is 0. The first-order valence-electron chi connectivity index (χ1n) is 3.93. The monoisotopic (exact) mass is 173 g/mol. The molecule has 66 valence electrons. The van der Waals surface area contributed by atoms with E-state index in [1.165, 1.54) is 0 Å². The van der Waals surface area contributed by atoms with Gasteiger partial charge in [0.1, 0.15) is 0 Å². The summed E-state index contributed by atoms with van der Waals surface area (Å²) in [5.74, 6) is 1.82. The predicted molar refractivity (Wildman–Crippen MR) is 53.9 cm³/mol. The van der Waals surface area contributed by atoms with Crippen LogP contribution in [0.15, 0.2) is 24.3 Å². The summed E-state index contributed by atoms with van der Waals surface area (Å²) in [6.45, 7) is 0. The molecule has 0 heterocycles. The van der Waals surface area contributed by atoms with Gasteiger partial charge in [0.2, 0.25) is 5.78 Å². The summed E-state index contributed by atoms with van der Waals surface area (Å²) in [6, 6.07) is 7.24. The Bertz CT molecular complexity index is 361. The molecule has 0 atom stereocenters. The zero-order valence-corrected chi connectivity index (χ0v) is 7.74. The van der Waals surface area contributed by atoms with Gasteiger partial charge in [0.05, 0.1) is 0 Å². The van der Waals surface area contributed by atoms with Crippen LogP contribution >= 0.6 is 0 Å². The highest BCUT2D eigenvalue weighted by Gasteiger charge is 2.02. The molecule has 0 aromatic heterocycles. The Morgan fingerprint density at radius 1 is 1.46 bits per heavy atom. The van der Waals surface area contributed by atoms with E-state index in [0.29, 0.717) is 5.56 Å². The number of benzene rings is 1. The van der Waals surface area contributed by atoms with Crippen molar-refractivity contribution in [1.82, 2.24) is 0 Å². The zero-order valence-electron chi connectivity index (χ0n) is 7.74. The first kappa shape index (κ1) is 9.34. The van der Waals surface area contributed by atoms with Crippen LogP contribution in [0, 0.1) is 12.3 Å². The van der Waals surface area contributed by atoms with E-state index in [4.69, 9.17) is 6.42 Å². The molecular formula is C11H11NO. The summed E-state index contributed by atoms with van der Waals surface area (Å²) in [5.41, 5.74) is 1.54. The lowest BCUT2D eigenvalue weighted by molar-refractivity contribution is 0.105. The number of rotatable bonds is 2. The van der Waals surface area contributed by atoms with E-state index in [2.05, 4.69) is 5.92 Å². The molecule has 0 aliphatic carbocycles. The van der Waals surface area contributed by atoms with Crippen LogP contribution in [0.3, 0.4) is 0 Å². The van der Waals surface area contributed by atoms with Crippen molar-refractivity contribution in [3.63, 3.8) is 0 Å². The van der Waals surface area contributed by atoms with Crippen LogP contribution in [0.5, 0.6) is 0 Å². The van der Waals surface area contributed by atoms with Crippen LogP contribution in [0.2, 0.25) is 0 Å². The van der Waals surface area contributed by atoms with Crippen LogP contribution in [0.1, 0.15) is 10.4 Å². The van der Waals surface area contributed by atoms with Crippen molar-refractivity contribution < 1.29 is 4.79 Å². The maximum Gasteiger partial charge on any atom is 0.235 e. The molecule has 0 spiro atoms. The molecule has 13 heavy (non-hydrogen) atoms. The Kier molecular flexibility index (Phi) is 2.71. The molecule has 0 amide bonds. The fourth-order valence-corrected chi connectivity index (χ4v) is 1.01. The maximum absolute atomic E-state index is 11.1. The molecule has 1 aromatic carbocycles. The van der Waals surface area contributed by atoms with Crippen molar-refractivity contribution in [3.05, 3.63) is 29.8 Å². The number of Topliss-reactive ketones (excluding diaryl/α,β-unsaturated/α-hetero) is 1. The van der Waals surface area contributed by atoms with Crippen LogP contribution in [-0.4, -0.2) is 19.9 Å². The summed E-state index contributed by atoms with van der Waals surface area (Å²) < 4.78 is 0. The normalized spacial score (nSPS) is 9.00. The fourth-order valence-electron chi connectivity index (χ4n) is 1.01. The molecule has 0 aliphatic heterocycles. The number of hydrogen-bond acceptors (Lipinski definition) is 2. The first-order chi connectivity index (χ1) is 6.15. The highest BCUT2D eigenvalue weighted by atomic mass is 16.1. The third kappa shape index (κ3) is 2.09. The lowest BCUT2D eigenvalue weighted by Gasteiger charge is -2.12. The van der Waals surface area contributed by atoms with Crippen molar-refractivity contribution in [3.8, 4) is 12.3 Å². The minimum Gasteiger partial charge on any atom is -0.378 e. The Morgan fingerprint density at radius 3 is 2.69 bits per heavy atom. The molecule has 0 saturated heterocycles. The molecule has 1 aromatic rings. The van der Waals surface area contributed by atoms with Gasteiger partial charge in [-0.05, 0) is 18.1 Å². The van der Waals surface area contributed by atoms with Crippen molar-refractivity contribution >= 4 is 11.5 Å². The second kappa shape index (κ2) is 3.77. The molecule has 0 N–H and O–H groups in total. The van der Waals surface area contributed by atoms with Gasteiger partial charge in [-0.1, -0.05) is 12.1 Å². The Balaban J connectivity index is 3.07. The molecule has 0 bridgehead atoms. The van der Waals surface area contributed by atoms with Gasteiger partial charge in [-0.15, -0.1) is 6.42 Å². The van der Waals surface area contributed by atoms with Gasteiger partial charge < -0.3 is 4.90 Å². The Labute approximate surface area is 78.2 Å². The zero-order chi connectivity index (χ0) is 9.84. The second-order valence-electron chi connectivity index (χ2n) is 2.92. The summed E-state index contributed by atoms with van der Waals surface area (Å²) in [5, 5.41) is 0. The lowest BCUT2D eigenvalue weighted by atomic mass is 10.1. The summed E-state index contributed by atoms with van der Waals surface area (Å²) in [4.78, 5) is 13.1. The lowest BCUT2D eigenvalue weighted by Crippen LogP contribution is -2.09. The van der Waals surface area contributed by atoms with E-state index in [1.807, 2.05) is 31.1 Å². The third-order valence-electron chi connectivity index (χ3n) is 1.76. The van der Waals surface area contributed by atoms with Crippen molar-refractivity contribution in [2.45, 2.75) is 0 Å². The van der Waals surface area contributed by atoms with Crippen LogP contribution in [-0.2, 0) is 0 Å². The van der Waals surface area contributed by atoms with E-state index in [9.17, 15) is 4.79 Å². The molecule has 0 saturated carbocycles. The van der Waals surface area contributed by atoms with Crippen LogP contribution in [0.4, 0.5) is 5.69 Å². The van der Waals surface area contributed by atoms with E-state index in [-0.39, 0.29) is 5.78 Å². The number of nitrogens with zero attached hydrogens (tertiary/aromatic N) is 1. The Hall–Kier alpha value is -1.75. The standard InChI is InChI=1S/C11H11NO/c1-4-11(13)9-6-5-7-10(8-9)12(2)3/h1,5-8H,2-3H3.